The number of nitrogens with zero attached hydrogens (tertiary/aromatic N) is 5. The summed E-state index contributed by atoms with van der Waals surface area (Å²) in [4.78, 5) is 16.6. The van der Waals surface area contributed by atoms with E-state index in [-0.39, 0.29) is 11.8 Å². The molecule has 3 aromatic rings. The lowest BCUT2D eigenvalue weighted by molar-refractivity contribution is -0.133. The van der Waals surface area contributed by atoms with Crippen LogP contribution in [0.15, 0.2) is 48.0 Å². The fourth-order valence-corrected chi connectivity index (χ4v) is 3.58. The molecule has 0 aromatic carbocycles. The molecule has 1 aliphatic rings. The fourth-order valence-electron chi connectivity index (χ4n) is 3.43. The van der Waals surface area contributed by atoms with Crippen LogP contribution in [0, 0.1) is 5.92 Å². The van der Waals surface area contributed by atoms with Gasteiger partial charge in [-0.1, -0.05) is 25.4 Å². The van der Waals surface area contributed by atoms with E-state index in [2.05, 4.69) is 17.0 Å². The van der Waals surface area contributed by atoms with Gasteiger partial charge in [0, 0.05) is 36.5 Å². The lowest BCUT2D eigenvalue weighted by atomic mass is 9.92. The van der Waals surface area contributed by atoms with Crippen LogP contribution in [0.1, 0.15) is 37.1 Å². The summed E-state index contributed by atoms with van der Waals surface area (Å²) in [5.41, 5.74) is 4.83. The molecule has 0 radical (unpaired) electrons. The molecule has 1 atom stereocenters. The average molecular weight is 382 g/mol. The maximum atomic E-state index is 12.6. The van der Waals surface area contributed by atoms with Crippen molar-refractivity contribution in [1.82, 2.24) is 19.6 Å². The van der Waals surface area contributed by atoms with Crippen LogP contribution in [0.3, 0.4) is 0 Å². The van der Waals surface area contributed by atoms with Crippen molar-refractivity contribution in [1.29, 1.82) is 0 Å². The molecule has 138 valence electrons. The molecule has 0 N–H and O–H groups in total. The molecule has 4 heterocycles. The van der Waals surface area contributed by atoms with E-state index in [0.29, 0.717) is 18.0 Å². The number of hydrogen-bond acceptors (Lipinski definition) is 4. The Balaban J connectivity index is 1.80. The molecule has 1 unspecified atom stereocenters. The van der Waals surface area contributed by atoms with Crippen LogP contribution in [0.2, 0.25) is 5.02 Å². The van der Waals surface area contributed by atoms with Crippen molar-refractivity contribution >= 4 is 28.7 Å². The quantitative estimate of drug-likeness (QED) is 0.692. The monoisotopic (exact) mass is 381 g/mol. The number of fused-ring (bicyclic) bond motifs is 1. The molecule has 0 spiro atoms. The normalized spacial score (nSPS) is 17.4. The summed E-state index contributed by atoms with van der Waals surface area (Å²) in [5.74, 6) is 0.0563. The van der Waals surface area contributed by atoms with Gasteiger partial charge in [0.05, 0.1) is 28.5 Å². The number of aromatic nitrogens is 3. The van der Waals surface area contributed by atoms with Gasteiger partial charge in [0.1, 0.15) is 0 Å². The van der Waals surface area contributed by atoms with E-state index in [1.807, 2.05) is 31.2 Å². The summed E-state index contributed by atoms with van der Waals surface area (Å²) in [7, 11) is 0. The van der Waals surface area contributed by atoms with Crippen molar-refractivity contribution in [2.24, 2.45) is 11.0 Å². The molecule has 0 bridgehead atoms. The fraction of sp³-hybridized carbons (Fsp3) is 0.300. The standard InChI is InChI=1S/C20H20ClN5O/c1-3-16-19(17-5-4-15(21)12-25(17)23-16)20-13(2)10-18(27)26(24-20)11-14-6-8-22-9-7-14/h4-9,12-13H,3,10-11H2,1-2H3. The second-order valence-corrected chi connectivity index (χ2v) is 7.19. The number of hydrogen-bond donors (Lipinski definition) is 0. The largest absolute Gasteiger partial charge is 0.273 e. The zero-order valence-electron chi connectivity index (χ0n) is 15.3. The average Bonchev–Trinajstić information content (AvgIpc) is 3.02. The number of carbonyl (C=O) groups is 1. The second-order valence-electron chi connectivity index (χ2n) is 6.75. The minimum atomic E-state index is 0.0279. The highest BCUT2D eigenvalue weighted by molar-refractivity contribution is 6.30. The van der Waals surface area contributed by atoms with Crippen molar-refractivity contribution in [2.75, 3.05) is 0 Å². The van der Waals surface area contributed by atoms with Gasteiger partial charge in [-0.25, -0.2) is 9.52 Å². The van der Waals surface area contributed by atoms with Crippen LogP contribution in [0.25, 0.3) is 5.52 Å². The second kappa shape index (κ2) is 7.12. The third kappa shape index (κ3) is 3.32. The van der Waals surface area contributed by atoms with E-state index in [0.717, 1.165) is 34.5 Å². The highest BCUT2D eigenvalue weighted by Crippen LogP contribution is 2.28. The van der Waals surface area contributed by atoms with E-state index < -0.39 is 0 Å². The Morgan fingerprint density at radius 2 is 2.00 bits per heavy atom. The summed E-state index contributed by atoms with van der Waals surface area (Å²) in [5, 5.41) is 11.6. The highest BCUT2D eigenvalue weighted by Gasteiger charge is 2.30. The van der Waals surface area contributed by atoms with Crippen LogP contribution in [0.4, 0.5) is 0 Å². The van der Waals surface area contributed by atoms with Crippen LogP contribution in [-0.2, 0) is 17.8 Å². The smallest absolute Gasteiger partial charge is 0.243 e. The predicted octanol–water partition coefficient (Wildman–Crippen LogP) is 3.72. The minimum absolute atomic E-state index is 0.0279. The zero-order valence-corrected chi connectivity index (χ0v) is 16.0. The van der Waals surface area contributed by atoms with Gasteiger partial charge in [-0.3, -0.25) is 9.78 Å². The summed E-state index contributed by atoms with van der Waals surface area (Å²) in [6.45, 7) is 4.55. The molecule has 0 saturated carbocycles. The highest BCUT2D eigenvalue weighted by atomic mass is 35.5. The number of halogens is 1. The molecule has 1 aliphatic heterocycles. The Hall–Kier alpha value is -2.73. The van der Waals surface area contributed by atoms with E-state index in [1.165, 1.54) is 0 Å². The first kappa shape index (κ1) is 17.7. The van der Waals surface area contributed by atoms with Crippen molar-refractivity contribution < 1.29 is 4.79 Å². The molecular formula is C20H20ClN5O. The summed E-state index contributed by atoms with van der Waals surface area (Å²) in [6, 6.07) is 7.61. The first-order valence-corrected chi connectivity index (χ1v) is 9.39. The lowest BCUT2D eigenvalue weighted by Crippen LogP contribution is -2.36. The molecular weight excluding hydrogens is 362 g/mol. The van der Waals surface area contributed by atoms with Crippen molar-refractivity contribution in [2.45, 2.75) is 33.2 Å². The van der Waals surface area contributed by atoms with E-state index in [1.54, 1.807) is 28.1 Å². The van der Waals surface area contributed by atoms with Crippen LogP contribution in [0.5, 0.6) is 0 Å². The molecule has 0 aliphatic carbocycles. The molecule has 3 aromatic heterocycles. The van der Waals surface area contributed by atoms with Gasteiger partial charge in [0.2, 0.25) is 5.91 Å². The number of carbonyl (C=O) groups excluding carboxylic acids is 1. The SMILES string of the molecule is CCc1nn2cc(Cl)ccc2c1C1=NN(Cc2ccncc2)C(=O)CC1C. The predicted molar refractivity (Wildman–Crippen MR) is 105 cm³/mol. The van der Waals surface area contributed by atoms with Crippen LogP contribution >= 0.6 is 11.6 Å². The number of pyridine rings is 2. The zero-order chi connectivity index (χ0) is 19.0. The Kier molecular flexibility index (Phi) is 4.66. The maximum absolute atomic E-state index is 12.6. The van der Waals surface area contributed by atoms with Gasteiger partial charge in [0.25, 0.3) is 0 Å². The number of rotatable bonds is 4. The van der Waals surface area contributed by atoms with Gasteiger partial charge in [-0.15, -0.1) is 0 Å². The van der Waals surface area contributed by atoms with E-state index in [9.17, 15) is 4.79 Å². The number of amides is 1. The van der Waals surface area contributed by atoms with Gasteiger partial charge >= 0.3 is 0 Å². The van der Waals surface area contributed by atoms with Crippen LogP contribution in [-0.4, -0.2) is 31.2 Å². The molecule has 1 amide bonds. The van der Waals surface area contributed by atoms with Crippen molar-refractivity contribution in [3.05, 3.63) is 64.7 Å². The summed E-state index contributed by atoms with van der Waals surface area (Å²) < 4.78 is 1.80. The maximum Gasteiger partial charge on any atom is 0.243 e. The molecule has 0 fully saturated rings. The molecule has 7 heteroatoms. The van der Waals surface area contributed by atoms with Crippen molar-refractivity contribution in [3.8, 4) is 0 Å². The Morgan fingerprint density at radius 1 is 1.22 bits per heavy atom. The summed E-state index contributed by atoms with van der Waals surface area (Å²) >= 11 is 6.12. The first-order chi connectivity index (χ1) is 13.1. The first-order valence-electron chi connectivity index (χ1n) is 9.01. The third-order valence-corrected chi connectivity index (χ3v) is 5.03. The third-order valence-electron chi connectivity index (χ3n) is 4.80. The Morgan fingerprint density at radius 3 is 2.74 bits per heavy atom. The van der Waals surface area contributed by atoms with Crippen LogP contribution < -0.4 is 0 Å². The molecule has 4 rings (SSSR count). The van der Waals surface area contributed by atoms with Crippen molar-refractivity contribution in [3.63, 3.8) is 0 Å². The van der Waals surface area contributed by atoms with Gasteiger partial charge in [0.15, 0.2) is 0 Å². The lowest BCUT2D eigenvalue weighted by Gasteiger charge is -2.27. The number of hydrazone groups is 1. The van der Waals surface area contributed by atoms with E-state index in [4.69, 9.17) is 16.7 Å². The molecule has 0 saturated heterocycles. The minimum Gasteiger partial charge on any atom is -0.273 e. The Labute approximate surface area is 162 Å². The van der Waals surface area contributed by atoms with E-state index >= 15 is 0 Å². The summed E-state index contributed by atoms with van der Waals surface area (Å²) in [6.07, 6.45) is 6.45. The van der Waals surface area contributed by atoms with Gasteiger partial charge in [-0.2, -0.15) is 10.2 Å². The molecule has 27 heavy (non-hydrogen) atoms. The number of aryl methyl sites for hydroxylation is 1. The molecule has 6 nitrogen and oxygen atoms in total. The topological polar surface area (TPSA) is 62.9 Å². The Bertz CT molecular complexity index is 1030. The van der Waals surface area contributed by atoms with Gasteiger partial charge < -0.3 is 0 Å². The van der Waals surface area contributed by atoms with Gasteiger partial charge in [-0.05, 0) is 36.2 Å².